The van der Waals surface area contributed by atoms with Crippen molar-refractivity contribution in [1.82, 2.24) is 0 Å². The smallest absolute Gasteiger partial charge is 0.335 e. The van der Waals surface area contributed by atoms with Gasteiger partial charge < -0.3 is 14.8 Å². The number of carbonyl (C=O) groups excluding carboxylic acids is 1. The lowest BCUT2D eigenvalue weighted by Crippen LogP contribution is -2.14. The van der Waals surface area contributed by atoms with Gasteiger partial charge in [-0.15, -0.1) is 0 Å². The second kappa shape index (κ2) is 5.73. The van der Waals surface area contributed by atoms with Gasteiger partial charge in [-0.1, -0.05) is 0 Å². The Bertz CT molecular complexity index is 734. The van der Waals surface area contributed by atoms with E-state index in [9.17, 15) is 9.59 Å². The minimum Gasteiger partial charge on any atom is -0.478 e. The maximum Gasteiger partial charge on any atom is 0.335 e. The van der Waals surface area contributed by atoms with Crippen molar-refractivity contribution in [2.24, 2.45) is 0 Å². The number of aromatic carboxylic acids is 1. The highest BCUT2D eigenvalue weighted by Crippen LogP contribution is 2.26. The molecule has 0 bridgehead atoms. The van der Waals surface area contributed by atoms with Crippen molar-refractivity contribution >= 4 is 33.5 Å². The lowest BCUT2D eigenvalue weighted by Gasteiger charge is -2.08. The maximum atomic E-state index is 12.3. The van der Waals surface area contributed by atoms with Gasteiger partial charge in [0, 0.05) is 10.0 Å². The van der Waals surface area contributed by atoms with Gasteiger partial charge in [0.2, 0.25) is 0 Å². The summed E-state index contributed by atoms with van der Waals surface area (Å²) < 4.78 is 5.94. The largest absolute Gasteiger partial charge is 0.478 e. The van der Waals surface area contributed by atoms with Crippen LogP contribution in [0.1, 0.15) is 37.8 Å². The molecule has 0 fully saturated rings. The van der Waals surface area contributed by atoms with Crippen molar-refractivity contribution in [3.05, 3.63) is 50.9 Å². The number of carboxylic acids is 1. The molecule has 1 amide bonds. The summed E-state index contributed by atoms with van der Waals surface area (Å²) in [6, 6.07) is 4.42. The lowest BCUT2D eigenvalue weighted by molar-refractivity contribution is 0.0696. The molecule has 1 aromatic heterocycles. The Morgan fingerprint density at radius 3 is 2.33 bits per heavy atom. The Morgan fingerprint density at radius 2 is 1.86 bits per heavy atom. The fourth-order valence-electron chi connectivity index (χ4n) is 2.06. The third-order valence-electron chi connectivity index (χ3n) is 3.25. The molecule has 1 heterocycles. The summed E-state index contributed by atoms with van der Waals surface area (Å²) in [5, 5.41) is 11.7. The molecule has 0 aliphatic carbocycles. The first-order valence-electron chi connectivity index (χ1n) is 6.22. The second-order valence-corrected chi connectivity index (χ2v) is 5.52. The fourth-order valence-corrected chi connectivity index (χ4v) is 2.54. The van der Waals surface area contributed by atoms with E-state index in [2.05, 4.69) is 21.2 Å². The van der Waals surface area contributed by atoms with Crippen LogP contribution in [0, 0.1) is 20.8 Å². The van der Waals surface area contributed by atoms with Crippen molar-refractivity contribution in [2.75, 3.05) is 5.32 Å². The van der Waals surface area contributed by atoms with Crippen LogP contribution in [0.2, 0.25) is 0 Å². The lowest BCUT2D eigenvalue weighted by atomic mass is 10.1. The first-order valence-corrected chi connectivity index (χ1v) is 7.01. The van der Waals surface area contributed by atoms with Crippen LogP contribution < -0.4 is 5.32 Å². The van der Waals surface area contributed by atoms with Crippen LogP contribution in [0.25, 0.3) is 0 Å². The van der Waals surface area contributed by atoms with E-state index in [1.165, 1.54) is 12.1 Å². The van der Waals surface area contributed by atoms with Crippen LogP contribution in [0.5, 0.6) is 0 Å². The molecule has 6 heteroatoms. The van der Waals surface area contributed by atoms with Crippen LogP contribution in [-0.4, -0.2) is 17.0 Å². The molecule has 0 aliphatic heterocycles. The average molecular weight is 352 g/mol. The molecule has 0 atom stereocenters. The number of carboxylic acid groups (broad SMARTS) is 1. The van der Waals surface area contributed by atoms with Crippen LogP contribution in [0.4, 0.5) is 5.69 Å². The number of carbonyl (C=O) groups is 2. The van der Waals surface area contributed by atoms with Crippen molar-refractivity contribution in [3.63, 3.8) is 0 Å². The Balaban J connectivity index is 2.30. The number of nitrogens with one attached hydrogen (secondary N) is 1. The van der Waals surface area contributed by atoms with Crippen molar-refractivity contribution in [3.8, 4) is 0 Å². The molecule has 0 aliphatic rings. The first kappa shape index (κ1) is 15.3. The molecule has 2 N–H and O–H groups in total. The van der Waals surface area contributed by atoms with E-state index in [-0.39, 0.29) is 11.5 Å². The Morgan fingerprint density at radius 1 is 1.19 bits per heavy atom. The molecule has 0 unspecified atom stereocenters. The van der Waals surface area contributed by atoms with Gasteiger partial charge >= 0.3 is 5.97 Å². The highest BCUT2D eigenvalue weighted by molar-refractivity contribution is 9.10. The van der Waals surface area contributed by atoms with Gasteiger partial charge in [-0.2, -0.15) is 0 Å². The number of benzene rings is 1. The number of amides is 1. The topological polar surface area (TPSA) is 79.5 Å². The zero-order chi connectivity index (χ0) is 15.7. The van der Waals surface area contributed by atoms with Gasteiger partial charge in [0.25, 0.3) is 5.91 Å². The van der Waals surface area contributed by atoms with Crippen molar-refractivity contribution in [1.29, 1.82) is 0 Å². The quantitative estimate of drug-likeness (QED) is 0.878. The minimum absolute atomic E-state index is 0.145. The first-order chi connectivity index (χ1) is 9.81. The summed E-state index contributed by atoms with van der Waals surface area (Å²) in [6.45, 7) is 5.36. The highest BCUT2D eigenvalue weighted by atomic mass is 79.9. The maximum absolute atomic E-state index is 12.3. The molecule has 1 aromatic carbocycles. The van der Waals surface area contributed by atoms with E-state index >= 15 is 0 Å². The van der Waals surface area contributed by atoms with Crippen molar-refractivity contribution in [2.45, 2.75) is 20.8 Å². The highest BCUT2D eigenvalue weighted by Gasteiger charge is 2.19. The van der Waals surface area contributed by atoms with Crippen LogP contribution in [0.3, 0.4) is 0 Å². The Kier molecular flexibility index (Phi) is 4.18. The molecule has 21 heavy (non-hydrogen) atoms. The molecular formula is C15H14BrNO4. The van der Waals surface area contributed by atoms with Gasteiger partial charge in [-0.25, -0.2) is 4.79 Å². The van der Waals surface area contributed by atoms with Gasteiger partial charge in [0.1, 0.15) is 11.5 Å². The van der Waals surface area contributed by atoms with Gasteiger partial charge in [0.15, 0.2) is 0 Å². The van der Waals surface area contributed by atoms with Crippen LogP contribution >= 0.6 is 15.9 Å². The second-order valence-electron chi connectivity index (χ2n) is 4.67. The van der Waals surface area contributed by atoms with Gasteiger partial charge in [0.05, 0.1) is 16.8 Å². The zero-order valence-corrected chi connectivity index (χ0v) is 13.4. The molecule has 110 valence electrons. The molecule has 2 rings (SSSR count). The summed E-state index contributed by atoms with van der Waals surface area (Å²) in [7, 11) is 0. The standard InChI is InChI=1S/C15H14BrNO4/c1-7-8(2)21-9(3)13(7)14(18)17-12-5-4-10(15(19)20)6-11(12)16/h4-6H,1-3H3,(H,17,18)(H,19,20). The summed E-state index contributed by atoms with van der Waals surface area (Å²) in [4.78, 5) is 23.2. The zero-order valence-electron chi connectivity index (χ0n) is 11.8. The number of rotatable bonds is 3. The van der Waals surface area contributed by atoms with Gasteiger partial charge in [-0.3, -0.25) is 4.79 Å². The third-order valence-corrected chi connectivity index (χ3v) is 3.91. The van der Waals surface area contributed by atoms with E-state index in [0.717, 1.165) is 5.56 Å². The number of aryl methyl sites for hydroxylation is 2. The molecule has 0 radical (unpaired) electrons. The number of anilines is 1. The SMILES string of the molecule is Cc1oc(C)c(C(=O)Nc2ccc(C(=O)O)cc2Br)c1C. The minimum atomic E-state index is -1.02. The Labute approximate surface area is 130 Å². The average Bonchev–Trinajstić information content (AvgIpc) is 2.65. The predicted octanol–water partition coefficient (Wildman–Crippen LogP) is 3.92. The van der Waals surface area contributed by atoms with E-state index in [1.54, 1.807) is 19.9 Å². The fraction of sp³-hybridized carbons (Fsp3) is 0.200. The van der Waals surface area contributed by atoms with Crippen LogP contribution in [0.15, 0.2) is 27.1 Å². The van der Waals surface area contributed by atoms with E-state index in [4.69, 9.17) is 9.52 Å². The third kappa shape index (κ3) is 3.00. The molecule has 0 saturated heterocycles. The number of hydrogen-bond donors (Lipinski definition) is 2. The Hall–Kier alpha value is -2.08. The number of furan rings is 1. The summed E-state index contributed by atoms with van der Waals surface area (Å²) in [5.74, 6) is -0.0462. The number of halogens is 1. The van der Waals surface area contributed by atoms with Crippen LogP contribution in [-0.2, 0) is 0 Å². The van der Waals surface area contributed by atoms with E-state index in [0.29, 0.717) is 27.2 Å². The number of hydrogen-bond acceptors (Lipinski definition) is 3. The normalized spacial score (nSPS) is 10.5. The van der Waals surface area contributed by atoms with E-state index in [1.807, 2.05) is 6.92 Å². The summed E-state index contributed by atoms with van der Waals surface area (Å²) >= 11 is 3.26. The molecule has 0 spiro atoms. The van der Waals surface area contributed by atoms with E-state index < -0.39 is 5.97 Å². The monoisotopic (exact) mass is 351 g/mol. The van der Waals surface area contributed by atoms with Crippen molar-refractivity contribution < 1.29 is 19.1 Å². The predicted molar refractivity (Wildman–Crippen MR) is 82.0 cm³/mol. The molecule has 2 aromatic rings. The van der Waals surface area contributed by atoms with Gasteiger partial charge in [-0.05, 0) is 54.9 Å². The molecular weight excluding hydrogens is 338 g/mol. The molecule has 0 saturated carbocycles. The summed E-state index contributed by atoms with van der Waals surface area (Å²) in [5.41, 5.74) is 1.94. The summed E-state index contributed by atoms with van der Waals surface area (Å²) in [6.07, 6.45) is 0. The molecule has 5 nitrogen and oxygen atoms in total.